The SMILES string of the molecule is O=C(O)c1cc(-c2cc(Br)ccc2C(F)F)on1. The summed E-state index contributed by atoms with van der Waals surface area (Å²) in [5, 5.41) is 12.0. The van der Waals surface area contributed by atoms with Crippen molar-refractivity contribution in [3.05, 3.63) is 40.0 Å². The Balaban J connectivity index is 2.54. The molecule has 18 heavy (non-hydrogen) atoms. The molecule has 0 spiro atoms. The number of halogens is 3. The first-order valence-electron chi connectivity index (χ1n) is 4.77. The summed E-state index contributed by atoms with van der Waals surface area (Å²) in [6.45, 7) is 0. The van der Waals surface area contributed by atoms with Crippen LogP contribution in [0.25, 0.3) is 11.3 Å². The van der Waals surface area contributed by atoms with Gasteiger partial charge in [0.25, 0.3) is 6.43 Å². The van der Waals surface area contributed by atoms with Crippen LogP contribution in [0, 0.1) is 0 Å². The standard InChI is InChI=1S/C11H6BrF2NO3/c12-5-1-2-6(10(13)14)7(3-5)9-4-8(11(16)17)15-18-9/h1-4,10H,(H,16,17). The summed E-state index contributed by atoms with van der Waals surface area (Å²) in [5.41, 5.74) is -0.462. The number of hydrogen-bond acceptors (Lipinski definition) is 3. The van der Waals surface area contributed by atoms with Gasteiger partial charge < -0.3 is 9.63 Å². The van der Waals surface area contributed by atoms with E-state index in [1.54, 1.807) is 0 Å². The summed E-state index contributed by atoms with van der Waals surface area (Å²) in [6.07, 6.45) is -2.69. The Bertz CT molecular complexity index is 598. The summed E-state index contributed by atoms with van der Waals surface area (Å²) in [4.78, 5) is 10.7. The normalized spacial score (nSPS) is 10.9. The zero-order valence-corrected chi connectivity index (χ0v) is 10.3. The van der Waals surface area contributed by atoms with E-state index in [9.17, 15) is 13.6 Å². The minimum atomic E-state index is -2.69. The number of alkyl halides is 2. The Morgan fingerprint density at radius 1 is 1.39 bits per heavy atom. The molecule has 0 saturated heterocycles. The highest BCUT2D eigenvalue weighted by Gasteiger charge is 2.19. The lowest BCUT2D eigenvalue weighted by atomic mass is 10.1. The molecule has 0 unspecified atom stereocenters. The molecular weight excluding hydrogens is 312 g/mol. The van der Waals surface area contributed by atoms with Gasteiger partial charge in [0, 0.05) is 21.7 Å². The molecule has 0 aliphatic rings. The quantitative estimate of drug-likeness (QED) is 0.936. The molecule has 94 valence electrons. The van der Waals surface area contributed by atoms with Gasteiger partial charge in [-0.3, -0.25) is 0 Å². The molecule has 0 atom stereocenters. The molecule has 0 aliphatic carbocycles. The highest BCUT2D eigenvalue weighted by atomic mass is 79.9. The van der Waals surface area contributed by atoms with Crippen molar-refractivity contribution in [2.75, 3.05) is 0 Å². The van der Waals surface area contributed by atoms with Crippen LogP contribution in [-0.2, 0) is 0 Å². The van der Waals surface area contributed by atoms with E-state index in [1.807, 2.05) is 0 Å². The van der Waals surface area contributed by atoms with Gasteiger partial charge in [0.2, 0.25) is 0 Å². The third kappa shape index (κ3) is 2.40. The largest absolute Gasteiger partial charge is 0.476 e. The van der Waals surface area contributed by atoms with E-state index in [0.717, 1.165) is 6.07 Å². The van der Waals surface area contributed by atoms with Gasteiger partial charge in [-0.15, -0.1) is 0 Å². The molecule has 0 saturated carbocycles. The first kappa shape index (κ1) is 12.7. The molecule has 1 N–H and O–H groups in total. The Morgan fingerprint density at radius 2 is 2.11 bits per heavy atom. The fourth-order valence-corrected chi connectivity index (χ4v) is 1.80. The van der Waals surface area contributed by atoms with Crippen LogP contribution in [0.5, 0.6) is 0 Å². The van der Waals surface area contributed by atoms with Crippen LogP contribution in [0.1, 0.15) is 22.5 Å². The average Bonchev–Trinajstić information content (AvgIpc) is 2.77. The van der Waals surface area contributed by atoms with Gasteiger partial charge in [0.15, 0.2) is 11.5 Å². The van der Waals surface area contributed by atoms with Crippen molar-refractivity contribution < 1.29 is 23.2 Å². The van der Waals surface area contributed by atoms with Crippen LogP contribution < -0.4 is 0 Å². The van der Waals surface area contributed by atoms with Gasteiger partial charge in [-0.05, 0) is 12.1 Å². The van der Waals surface area contributed by atoms with Gasteiger partial charge in [0.05, 0.1) is 0 Å². The number of nitrogens with zero attached hydrogens (tertiary/aromatic N) is 1. The number of carboxylic acid groups (broad SMARTS) is 1. The fraction of sp³-hybridized carbons (Fsp3) is 0.0909. The van der Waals surface area contributed by atoms with Crippen LogP contribution >= 0.6 is 15.9 Å². The maximum Gasteiger partial charge on any atom is 0.358 e. The lowest BCUT2D eigenvalue weighted by Gasteiger charge is -2.05. The summed E-state index contributed by atoms with van der Waals surface area (Å²) in [5.74, 6) is -1.29. The average molecular weight is 318 g/mol. The first-order chi connectivity index (χ1) is 8.49. The van der Waals surface area contributed by atoms with Crippen LogP contribution in [-0.4, -0.2) is 16.2 Å². The fourth-order valence-electron chi connectivity index (χ4n) is 1.44. The summed E-state index contributed by atoms with van der Waals surface area (Å²) in [7, 11) is 0. The van der Waals surface area contributed by atoms with Gasteiger partial charge in [-0.1, -0.05) is 27.2 Å². The van der Waals surface area contributed by atoms with Gasteiger partial charge in [-0.25, -0.2) is 13.6 Å². The van der Waals surface area contributed by atoms with Crippen LogP contribution in [0.15, 0.2) is 33.3 Å². The smallest absolute Gasteiger partial charge is 0.358 e. The molecular formula is C11H6BrF2NO3. The van der Waals surface area contributed by atoms with Crippen molar-refractivity contribution in [3.63, 3.8) is 0 Å². The minimum absolute atomic E-state index is 0.0102. The topological polar surface area (TPSA) is 63.3 Å². The zero-order chi connectivity index (χ0) is 13.3. The number of hydrogen-bond donors (Lipinski definition) is 1. The Labute approximate surface area is 108 Å². The molecule has 0 bridgehead atoms. The molecule has 1 aromatic carbocycles. The maximum atomic E-state index is 12.8. The lowest BCUT2D eigenvalue weighted by molar-refractivity contribution is 0.0685. The predicted octanol–water partition coefficient (Wildman–Crippen LogP) is 3.74. The molecule has 0 aliphatic heterocycles. The molecule has 0 amide bonds. The highest BCUT2D eigenvalue weighted by Crippen LogP contribution is 2.33. The molecule has 1 heterocycles. The molecule has 0 radical (unpaired) electrons. The van der Waals surface area contributed by atoms with Crippen molar-refractivity contribution in [2.24, 2.45) is 0 Å². The van der Waals surface area contributed by atoms with Crippen LogP contribution in [0.2, 0.25) is 0 Å². The Kier molecular flexibility index (Phi) is 3.42. The van der Waals surface area contributed by atoms with Crippen molar-refractivity contribution in [3.8, 4) is 11.3 Å². The van der Waals surface area contributed by atoms with Crippen LogP contribution in [0.4, 0.5) is 8.78 Å². The number of carbonyl (C=O) groups is 1. The third-order valence-electron chi connectivity index (χ3n) is 2.25. The second kappa shape index (κ2) is 4.85. The van der Waals surface area contributed by atoms with E-state index in [1.165, 1.54) is 18.2 Å². The van der Waals surface area contributed by atoms with E-state index in [-0.39, 0.29) is 22.6 Å². The summed E-state index contributed by atoms with van der Waals surface area (Å²) >= 11 is 3.16. The second-order valence-electron chi connectivity index (χ2n) is 3.41. The molecule has 2 aromatic rings. The highest BCUT2D eigenvalue weighted by molar-refractivity contribution is 9.10. The predicted molar refractivity (Wildman–Crippen MR) is 61.6 cm³/mol. The maximum absolute atomic E-state index is 12.8. The van der Waals surface area contributed by atoms with Crippen molar-refractivity contribution in [1.29, 1.82) is 0 Å². The van der Waals surface area contributed by atoms with E-state index in [4.69, 9.17) is 9.63 Å². The van der Waals surface area contributed by atoms with Crippen molar-refractivity contribution in [2.45, 2.75) is 6.43 Å². The molecule has 7 heteroatoms. The van der Waals surface area contributed by atoms with E-state index in [2.05, 4.69) is 21.1 Å². The van der Waals surface area contributed by atoms with Crippen molar-refractivity contribution in [1.82, 2.24) is 5.16 Å². The van der Waals surface area contributed by atoms with Gasteiger partial charge in [-0.2, -0.15) is 0 Å². The number of aromatic nitrogens is 1. The van der Waals surface area contributed by atoms with Gasteiger partial charge >= 0.3 is 5.97 Å². The molecule has 0 fully saturated rings. The Hall–Kier alpha value is -1.76. The first-order valence-corrected chi connectivity index (χ1v) is 5.56. The minimum Gasteiger partial charge on any atom is -0.476 e. The van der Waals surface area contributed by atoms with Crippen molar-refractivity contribution >= 4 is 21.9 Å². The molecule has 1 aromatic heterocycles. The van der Waals surface area contributed by atoms with Gasteiger partial charge in [0.1, 0.15) is 0 Å². The lowest BCUT2D eigenvalue weighted by Crippen LogP contribution is -1.94. The molecule has 2 rings (SSSR count). The van der Waals surface area contributed by atoms with Crippen LogP contribution in [0.3, 0.4) is 0 Å². The number of carboxylic acids is 1. The zero-order valence-electron chi connectivity index (χ0n) is 8.73. The molecule has 4 nitrogen and oxygen atoms in total. The monoisotopic (exact) mass is 317 g/mol. The summed E-state index contributed by atoms with van der Waals surface area (Å²) < 4.78 is 31.0. The number of benzene rings is 1. The van der Waals surface area contributed by atoms with E-state index >= 15 is 0 Å². The van der Waals surface area contributed by atoms with E-state index < -0.39 is 12.4 Å². The van der Waals surface area contributed by atoms with E-state index in [0.29, 0.717) is 4.47 Å². The second-order valence-corrected chi connectivity index (χ2v) is 4.33. The number of rotatable bonds is 3. The summed E-state index contributed by atoms with van der Waals surface area (Å²) in [6, 6.07) is 5.25. The number of aromatic carboxylic acids is 1. The third-order valence-corrected chi connectivity index (χ3v) is 2.74. The Morgan fingerprint density at radius 3 is 2.67 bits per heavy atom.